The second-order valence-corrected chi connectivity index (χ2v) is 8.26. The van der Waals surface area contributed by atoms with Crippen molar-refractivity contribution < 1.29 is 0 Å². The highest BCUT2D eigenvalue weighted by Gasteiger charge is 2.26. The lowest BCUT2D eigenvalue weighted by molar-refractivity contribution is 0.563. The van der Waals surface area contributed by atoms with Crippen LogP contribution in [0, 0.1) is 0 Å². The van der Waals surface area contributed by atoms with Gasteiger partial charge in [-0.05, 0) is 24.3 Å². The van der Waals surface area contributed by atoms with Gasteiger partial charge in [-0.1, -0.05) is 76.8 Å². The molecule has 0 amide bonds. The summed E-state index contributed by atoms with van der Waals surface area (Å²) in [5.41, 5.74) is 2.25. The fourth-order valence-corrected chi connectivity index (χ4v) is 4.56. The zero-order chi connectivity index (χ0) is 17.0. The Labute approximate surface area is 157 Å². The summed E-state index contributed by atoms with van der Waals surface area (Å²) in [4.78, 5) is 0. The van der Waals surface area contributed by atoms with Gasteiger partial charge in [0, 0.05) is 17.5 Å². The molecule has 1 unspecified atom stereocenters. The van der Waals surface area contributed by atoms with Crippen LogP contribution in [0.2, 0.25) is 0 Å². The van der Waals surface area contributed by atoms with E-state index in [2.05, 4.69) is 30.4 Å². The smallest absolute Gasteiger partial charge is 0.124 e. The van der Waals surface area contributed by atoms with E-state index in [9.17, 15) is 0 Å². The van der Waals surface area contributed by atoms with Crippen LogP contribution < -0.4 is 9.74 Å². The predicted molar refractivity (Wildman–Crippen MR) is 111 cm³/mol. The Hall–Kier alpha value is -0.540. The zero-order valence-corrected chi connectivity index (χ0v) is 16.7. The molecule has 0 saturated heterocycles. The third-order valence-electron chi connectivity index (χ3n) is 4.65. The molecule has 0 bridgehead atoms. The summed E-state index contributed by atoms with van der Waals surface area (Å²) in [6.07, 6.45) is 14.3. The van der Waals surface area contributed by atoms with Crippen molar-refractivity contribution in [2.24, 2.45) is 0 Å². The number of anilines is 2. The van der Waals surface area contributed by atoms with Crippen molar-refractivity contribution in [3.05, 3.63) is 24.3 Å². The van der Waals surface area contributed by atoms with Crippen LogP contribution in [0.4, 0.5) is 11.4 Å². The van der Waals surface area contributed by atoms with Crippen molar-refractivity contribution in [2.45, 2.75) is 77.3 Å². The van der Waals surface area contributed by atoms with E-state index in [1.165, 1.54) is 70.0 Å². The fraction of sp³-hybridized carbons (Fsp3) is 0.700. The molecular formula is C20H33ClN2S. The van der Waals surface area contributed by atoms with Crippen LogP contribution in [0.3, 0.4) is 0 Å². The Bertz CT molecular complexity index is 455. The minimum atomic E-state index is 0.220. The SMILES string of the molecule is CCCCCCCCCCCCSCC1Nc2ccccc2N1Cl. The molecule has 1 aromatic rings. The minimum Gasteiger partial charge on any atom is -0.362 e. The van der Waals surface area contributed by atoms with Crippen LogP contribution in [-0.4, -0.2) is 17.7 Å². The number of hydrogen-bond donors (Lipinski definition) is 1. The monoisotopic (exact) mass is 368 g/mol. The highest BCUT2D eigenvalue weighted by Crippen LogP contribution is 2.36. The van der Waals surface area contributed by atoms with E-state index < -0.39 is 0 Å². The van der Waals surface area contributed by atoms with E-state index in [1.807, 2.05) is 22.2 Å². The molecule has 0 spiro atoms. The quantitative estimate of drug-likeness (QED) is 0.296. The van der Waals surface area contributed by atoms with E-state index in [-0.39, 0.29) is 6.17 Å². The van der Waals surface area contributed by atoms with Crippen molar-refractivity contribution in [1.29, 1.82) is 0 Å². The molecule has 1 N–H and O–H groups in total. The largest absolute Gasteiger partial charge is 0.362 e. The molecule has 2 nitrogen and oxygen atoms in total. The molecule has 1 heterocycles. The highest BCUT2D eigenvalue weighted by molar-refractivity contribution is 7.99. The average Bonchev–Trinajstić information content (AvgIpc) is 2.92. The van der Waals surface area contributed by atoms with Gasteiger partial charge in [-0.15, -0.1) is 0 Å². The van der Waals surface area contributed by atoms with Gasteiger partial charge in [-0.2, -0.15) is 11.8 Å². The number of nitrogens with zero attached hydrogens (tertiary/aromatic N) is 1. The second kappa shape index (κ2) is 11.9. The van der Waals surface area contributed by atoms with Gasteiger partial charge in [0.05, 0.1) is 11.4 Å². The number of unbranched alkanes of at least 4 members (excludes halogenated alkanes) is 9. The van der Waals surface area contributed by atoms with Gasteiger partial charge >= 0.3 is 0 Å². The molecule has 0 fully saturated rings. The van der Waals surface area contributed by atoms with Crippen LogP contribution in [0.5, 0.6) is 0 Å². The first kappa shape index (κ1) is 19.8. The number of nitrogens with one attached hydrogen (secondary N) is 1. The Morgan fingerprint density at radius 2 is 1.58 bits per heavy atom. The number of halogens is 1. The first-order valence-electron chi connectivity index (χ1n) is 9.71. The maximum absolute atomic E-state index is 6.41. The number of para-hydroxylation sites is 2. The lowest BCUT2D eigenvalue weighted by Gasteiger charge is -2.18. The maximum Gasteiger partial charge on any atom is 0.124 e. The Morgan fingerprint density at radius 3 is 2.25 bits per heavy atom. The molecule has 1 aromatic carbocycles. The van der Waals surface area contributed by atoms with Gasteiger partial charge < -0.3 is 5.32 Å². The second-order valence-electron chi connectivity index (χ2n) is 6.75. The summed E-state index contributed by atoms with van der Waals surface area (Å²) in [7, 11) is 0. The molecule has 136 valence electrons. The summed E-state index contributed by atoms with van der Waals surface area (Å²) in [6.45, 7) is 2.28. The van der Waals surface area contributed by atoms with Gasteiger partial charge in [0.15, 0.2) is 0 Å². The van der Waals surface area contributed by atoms with Gasteiger partial charge in [0.25, 0.3) is 0 Å². The summed E-state index contributed by atoms with van der Waals surface area (Å²) in [5.74, 6) is 2.28. The molecule has 0 aliphatic carbocycles. The number of fused-ring (bicyclic) bond motifs is 1. The summed E-state index contributed by atoms with van der Waals surface area (Å²) in [6, 6.07) is 8.25. The molecule has 1 aliphatic rings. The van der Waals surface area contributed by atoms with Crippen LogP contribution >= 0.6 is 23.5 Å². The van der Waals surface area contributed by atoms with Crippen molar-refractivity contribution in [3.8, 4) is 0 Å². The van der Waals surface area contributed by atoms with Gasteiger partial charge in [-0.25, -0.2) is 0 Å². The minimum absolute atomic E-state index is 0.220. The lowest BCUT2D eigenvalue weighted by atomic mass is 10.1. The Morgan fingerprint density at radius 1 is 0.958 bits per heavy atom. The van der Waals surface area contributed by atoms with E-state index in [0.717, 1.165) is 17.1 Å². The standard InChI is InChI=1S/C20H33ClN2S/c1-2-3-4-5-6-7-8-9-10-13-16-24-17-20-22-18-14-11-12-15-19(18)23(20)21/h11-12,14-15,20,22H,2-10,13,16-17H2,1H3. The number of rotatable bonds is 13. The Balaban J connectivity index is 1.41. The molecule has 1 aliphatic heterocycles. The van der Waals surface area contributed by atoms with Crippen molar-refractivity contribution in [2.75, 3.05) is 21.2 Å². The van der Waals surface area contributed by atoms with E-state index in [4.69, 9.17) is 11.8 Å². The van der Waals surface area contributed by atoms with Crippen LogP contribution in [0.25, 0.3) is 0 Å². The van der Waals surface area contributed by atoms with E-state index in [0.29, 0.717) is 0 Å². The van der Waals surface area contributed by atoms with Crippen LogP contribution in [0.1, 0.15) is 71.1 Å². The van der Waals surface area contributed by atoms with E-state index in [1.54, 1.807) is 0 Å². The number of benzene rings is 1. The van der Waals surface area contributed by atoms with Crippen LogP contribution in [-0.2, 0) is 0 Å². The molecule has 0 aromatic heterocycles. The third kappa shape index (κ3) is 6.76. The first-order chi connectivity index (χ1) is 11.8. The number of hydrogen-bond acceptors (Lipinski definition) is 3. The number of thioether (sulfide) groups is 1. The van der Waals surface area contributed by atoms with Gasteiger partial charge in [0.1, 0.15) is 6.17 Å². The maximum atomic E-state index is 6.41. The van der Waals surface area contributed by atoms with Gasteiger partial charge in [-0.3, -0.25) is 4.42 Å². The third-order valence-corrected chi connectivity index (χ3v) is 6.19. The first-order valence-corrected chi connectivity index (χ1v) is 11.2. The fourth-order valence-electron chi connectivity index (χ4n) is 3.18. The topological polar surface area (TPSA) is 15.3 Å². The molecule has 1 atom stereocenters. The molecular weight excluding hydrogens is 336 g/mol. The summed E-state index contributed by atoms with van der Waals surface area (Å²) < 4.78 is 1.85. The Kier molecular flexibility index (Phi) is 9.82. The zero-order valence-electron chi connectivity index (χ0n) is 15.1. The van der Waals surface area contributed by atoms with E-state index >= 15 is 0 Å². The summed E-state index contributed by atoms with van der Waals surface area (Å²) in [5, 5.41) is 3.50. The predicted octanol–water partition coefficient (Wildman–Crippen LogP) is 7.05. The van der Waals surface area contributed by atoms with Gasteiger partial charge in [0.2, 0.25) is 0 Å². The summed E-state index contributed by atoms with van der Waals surface area (Å²) >= 11 is 8.42. The van der Waals surface area contributed by atoms with Crippen molar-refractivity contribution in [3.63, 3.8) is 0 Å². The average molecular weight is 369 g/mol. The van der Waals surface area contributed by atoms with Crippen molar-refractivity contribution in [1.82, 2.24) is 0 Å². The molecule has 0 saturated carbocycles. The molecule has 4 heteroatoms. The molecule has 0 radical (unpaired) electrons. The van der Waals surface area contributed by atoms with Crippen molar-refractivity contribution >= 4 is 34.9 Å². The molecule has 24 heavy (non-hydrogen) atoms. The lowest BCUT2D eigenvalue weighted by Crippen LogP contribution is -2.30. The normalized spacial score (nSPS) is 16.2. The van der Waals surface area contributed by atoms with Crippen LogP contribution in [0.15, 0.2) is 24.3 Å². The molecule has 2 rings (SSSR count). The highest BCUT2D eigenvalue weighted by atomic mass is 35.5.